The molecule has 0 heterocycles. The number of rotatable bonds is 5. The van der Waals surface area contributed by atoms with Gasteiger partial charge in [-0.15, -0.1) is 0 Å². The van der Waals surface area contributed by atoms with E-state index in [9.17, 15) is 29.4 Å². The van der Waals surface area contributed by atoms with Crippen molar-refractivity contribution in [3.8, 4) is 0 Å². The number of nitrogens with zero attached hydrogens (tertiary/aromatic N) is 2. The normalized spacial score (nSPS) is 9.83. The summed E-state index contributed by atoms with van der Waals surface area (Å²) in [5.74, 6) is -1.06. The Labute approximate surface area is 99.3 Å². The highest BCUT2D eigenvalue weighted by molar-refractivity contribution is 5.91. The molecule has 0 bridgehead atoms. The lowest BCUT2D eigenvalue weighted by Gasteiger charge is -2.02. The van der Waals surface area contributed by atoms with Gasteiger partial charge in [0.2, 0.25) is 0 Å². The number of carbonyl (C=O) groups is 1. The summed E-state index contributed by atoms with van der Waals surface area (Å²) in [6.07, 6.45) is 0. The summed E-state index contributed by atoms with van der Waals surface area (Å²) in [7, 11) is 0. The zero-order valence-electron chi connectivity index (χ0n) is 8.87. The zero-order chi connectivity index (χ0) is 13.7. The van der Waals surface area contributed by atoms with Gasteiger partial charge in [0, 0.05) is 12.1 Å². The summed E-state index contributed by atoms with van der Waals surface area (Å²) in [6.45, 7) is -1.43. The van der Waals surface area contributed by atoms with Crippen LogP contribution in [0.4, 0.5) is 15.8 Å². The van der Waals surface area contributed by atoms with Crippen LogP contribution in [0.2, 0.25) is 0 Å². The third-order valence-electron chi connectivity index (χ3n) is 1.87. The molecule has 0 N–H and O–H groups in total. The number of alkyl halides is 1. The number of halogens is 1. The van der Waals surface area contributed by atoms with E-state index in [1.807, 2.05) is 0 Å². The van der Waals surface area contributed by atoms with Crippen LogP contribution in [0.25, 0.3) is 0 Å². The predicted octanol–water partition coefficient (Wildman–Crippen LogP) is 1.63. The Hall–Kier alpha value is -2.58. The van der Waals surface area contributed by atoms with E-state index in [0.717, 1.165) is 12.1 Å². The number of non-ortho nitro benzene ring substituents is 2. The van der Waals surface area contributed by atoms with Gasteiger partial charge in [0.15, 0.2) is 0 Å². The Kier molecular flexibility index (Phi) is 4.24. The predicted molar refractivity (Wildman–Crippen MR) is 56.0 cm³/mol. The minimum absolute atomic E-state index is 0.371. The maximum atomic E-state index is 11.8. The van der Waals surface area contributed by atoms with E-state index in [0.29, 0.717) is 6.07 Å². The number of nitro groups is 2. The average molecular weight is 258 g/mol. The lowest BCUT2D eigenvalue weighted by molar-refractivity contribution is -0.394. The maximum Gasteiger partial charge on any atom is 0.338 e. The van der Waals surface area contributed by atoms with Crippen molar-refractivity contribution in [3.63, 3.8) is 0 Å². The van der Waals surface area contributed by atoms with Crippen molar-refractivity contribution in [1.82, 2.24) is 0 Å². The van der Waals surface area contributed by atoms with E-state index in [1.165, 1.54) is 0 Å². The molecule has 1 aromatic rings. The van der Waals surface area contributed by atoms with Crippen LogP contribution in [0, 0.1) is 20.2 Å². The molecule has 0 spiro atoms. The minimum atomic E-state index is -1.06. The number of carbonyl (C=O) groups excluding carboxylic acids is 1. The fraction of sp³-hybridized carbons (Fsp3) is 0.222. The number of ether oxygens (including phenoxy) is 1. The van der Waals surface area contributed by atoms with Gasteiger partial charge >= 0.3 is 5.97 Å². The fourth-order valence-electron chi connectivity index (χ4n) is 1.14. The summed E-state index contributed by atoms with van der Waals surface area (Å²) in [4.78, 5) is 30.6. The van der Waals surface area contributed by atoms with Gasteiger partial charge in [-0.3, -0.25) is 20.2 Å². The van der Waals surface area contributed by atoms with E-state index in [2.05, 4.69) is 4.74 Å². The van der Waals surface area contributed by atoms with Crippen molar-refractivity contribution in [1.29, 1.82) is 0 Å². The van der Waals surface area contributed by atoms with Gasteiger partial charge in [-0.1, -0.05) is 0 Å². The first-order valence-corrected chi connectivity index (χ1v) is 4.62. The van der Waals surface area contributed by atoms with Crippen molar-refractivity contribution in [2.24, 2.45) is 0 Å². The first-order chi connectivity index (χ1) is 8.45. The van der Waals surface area contributed by atoms with Gasteiger partial charge < -0.3 is 4.74 Å². The number of nitro benzene ring substituents is 2. The van der Waals surface area contributed by atoms with E-state index in [-0.39, 0.29) is 5.56 Å². The summed E-state index contributed by atoms with van der Waals surface area (Å²) >= 11 is 0. The fourth-order valence-corrected chi connectivity index (χ4v) is 1.14. The van der Waals surface area contributed by atoms with Crippen LogP contribution >= 0.6 is 0 Å². The lowest BCUT2D eigenvalue weighted by Crippen LogP contribution is -2.08. The van der Waals surface area contributed by atoms with Crippen LogP contribution in [0.3, 0.4) is 0 Å². The molecule has 18 heavy (non-hydrogen) atoms. The average Bonchev–Trinajstić information content (AvgIpc) is 2.35. The second-order valence-corrected chi connectivity index (χ2v) is 3.08. The largest absolute Gasteiger partial charge is 0.459 e. The van der Waals surface area contributed by atoms with Gasteiger partial charge in [0.1, 0.15) is 13.3 Å². The van der Waals surface area contributed by atoms with E-state index in [4.69, 9.17) is 0 Å². The molecule has 0 atom stereocenters. The first kappa shape index (κ1) is 13.5. The van der Waals surface area contributed by atoms with Crippen molar-refractivity contribution < 1.29 is 23.8 Å². The van der Waals surface area contributed by atoms with Gasteiger partial charge in [-0.2, -0.15) is 0 Å². The van der Waals surface area contributed by atoms with Crippen molar-refractivity contribution in [2.75, 3.05) is 13.3 Å². The molecule has 0 aliphatic carbocycles. The van der Waals surface area contributed by atoms with Crippen LogP contribution in [-0.4, -0.2) is 29.1 Å². The molecule has 1 aromatic carbocycles. The second-order valence-electron chi connectivity index (χ2n) is 3.08. The molecule has 8 nitrogen and oxygen atoms in total. The Morgan fingerprint density at radius 3 is 2.06 bits per heavy atom. The van der Waals surface area contributed by atoms with Crippen molar-refractivity contribution >= 4 is 17.3 Å². The molecule has 0 unspecified atom stereocenters. The third-order valence-corrected chi connectivity index (χ3v) is 1.87. The molecule has 0 saturated heterocycles. The third kappa shape index (κ3) is 3.20. The minimum Gasteiger partial charge on any atom is -0.459 e. The number of benzene rings is 1. The SMILES string of the molecule is O=C(OCCF)c1cc([N+](=O)[O-])cc([N+](=O)[O-])c1. The number of hydrogen-bond acceptors (Lipinski definition) is 6. The van der Waals surface area contributed by atoms with Crippen LogP contribution in [0.15, 0.2) is 18.2 Å². The Morgan fingerprint density at radius 2 is 1.67 bits per heavy atom. The molecule has 96 valence electrons. The molecule has 0 aromatic heterocycles. The van der Waals surface area contributed by atoms with Gasteiger partial charge in [-0.05, 0) is 0 Å². The van der Waals surface area contributed by atoms with Crippen molar-refractivity contribution in [3.05, 3.63) is 44.0 Å². The van der Waals surface area contributed by atoms with Crippen LogP contribution in [-0.2, 0) is 4.74 Å². The Morgan fingerprint density at radius 1 is 1.17 bits per heavy atom. The summed E-state index contributed by atoms with van der Waals surface area (Å²) in [5.41, 5.74) is -1.60. The topological polar surface area (TPSA) is 113 Å². The lowest BCUT2D eigenvalue weighted by atomic mass is 10.2. The van der Waals surface area contributed by atoms with Crippen LogP contribution in [0.5, 0.6) is 0 Å². The van der Waals surface area contributed by atoms with Crippen LogP contribution in [0.1, 0.15) is 10.4 Å². The number of hydrogen-bond donors (Lipinski definition) is 0. The highest BCUT2D eigenvalue weighted by atomic mass is 19.1. The molecule has 0 saturated carbocycles. The van der Waals surface area contributed by atoms with E-state index >= 15 is 0 Å². The molecule has 0 amide bonds. The Bertz CT molecular complexity index is 472. The summed E-state index contributed by atoms with van der Waals surface area (Å²) in [5, 5.41) is 21.1. The summed E-state index contributed by atoms with van der Waals surface area (Å²) < 4.78 is 16.2. The monoisotopic (exact) mass is 258 g/mol. The molecular weight excluding hydrogens is 251 g/mol. The molecule has 0 radical (unpaired) electrons. The standard InChI is InChI=1S/C9H7FN2O6/c10-1-2-18-9(13)6-3-7(11(14)15)5-8(4-6)12(16)17/h3-5H,1-2H2. The van der Waals surface area contributed by atoms with Gasteiger partial charge in [0.25, 0.3) is 11.4 Å². The van der Waals surface area contributed by atoms with Crippen LogP contribution < -0.4 is 0 Å². The maximum absolute atomic E-state index is 11.8. The smallest absolute Gasteiger partial charge is 0.338 e. The first-order valence-electron chi connectivity index (χ1n) is 4.62. The Balaban J connectivity index is 3.14. The van der Waals surface area contributed by atoms with E-state index < -0.39 is 40.5 Å². The molecule has 0 fully saturated rings. The molecule has 0 aliphatic rings. The zero-order valence-corrected chi connectivity index (χ0v) is 8.87. The molecule has 9 heteroatoms. The quantitative estimate of drug-likeness (QED) is 0.450. The second kappa shape index (κ2) is 5.66. The highest BCUT2D eigenvalue weighted by Gasteiger charge is 2.20. The van der Waals surface area contributed by atoms with Gasteiger partial charge in [-0.25, -0.2) is 9.18 Å². The number of esters is 1. The van der Waals surface area contributed by atoms with Gasteiger partial charge in [0.05, 0.1) is 21.5 Å². The van der Waals surface area contributed by atoms with Crippen molar-refractivity contribution in [2.45, 2.75) is 0 Å². The molecule has 0 aliphatic heterocycles. The highest BCUT2D eigenvalue weighted by Crippen LogP contribution is 2.23. The molecule has 1 rings (SSSR count). The van der Waals surface area contributed by atoms with E-state index in [1.54, 1.807) is 0 Å². The molecular formula is C9H7FN2O6. The summed E-state index contributed by atoms with van der Waals surface area (Å²) in [6, 6.07) is 2.37.